The van der Waals surface area contributed by atoms with Crippen molar-refractivity contribution >= 4 is 15.9 Å². The van der Waals surface area contributed by atoms with Crippen LogP contribution in [0.5, 0.6) is 0 Å². The normalized spacial score (nSPS) is 11.8. The Morgan fingerprint density at radius 1 is 1.18 bits per heavy atom. The van der Waals surface area contributed by atoms with E-state index in [-0.39, 0.29) is 0 Å². The second kappa shape index (κ2) is 4.52. The lowest BCUT2D eigenvalue weighted by atomic mass is 10.2. The fourth-order valence-corrected chi connectivity index (χ4v) is 2.00. The van der Waals surface area contributed by atoms with E-state index in [9.17, 15) is 13.2 Å². The van der Waals surface area contributed by atoms with Gasteiger partial charge in [0.25, 0.3) is 0 Å². The van der Waals surface area contributed by atoms with Gasteiger partial charge >= 0.3 is 6.18 Å². The van der Waals surface area contributed by atoms with Gasteiger partial charge in [0.2, 0.25) is 0 Å². The van der Waals surface area contributed by atoms with Crippen LogP contribution in [-0.4, -0.2) is 16.0 Å². The predicted octanol–water partition coefficient (Wildman–Crippen LogP) is 3.87. The Morgan fingerprint density at radius 2 is 1.82 bits per heavy atom. The third-order valence-corrected chi connectivity index (χ3v) is 2.69. The highest BCUT2D eigenvalue weighted by Crippen LogP contribution is 2.27. The van der Waals surface area contributed by atoms with E-state index < -0.39 is 12.7 Å². The first-order chi connectivity index (χ1) is 7.96. The third kappa shape index (κ3) is 3.09. The molecule has 2 rings (SSSR count). The minimum atomic E-state index is -4.26. The van der Waals surface area contributed by atoms with Crippen molar-refractivity contribution in [1.29, 1.82) is 0 Å². The molecule has 0 unspecified atom stereocenters. The quantitative estimate of drug-likeness (QED) is 0.823. The predicted molar refractivity (Wildman–Crippen MR) is 61.4 cm³/mol. The summed E-state index contributed by atoms with van der Waals surface area (Å²) in [7, 11) is 0. The smallest absolute Gasteiger partial charge is 0.262 e. The number of hydrogen-bond donors (Lipinski definition) is 0. The van der Waals surface area contributed by atoms with Crippen LogP contribution in [0, 0.1) is 0 Å². The molecule has 0 bridgehead atoms. The molecule has 90 valence electrons. The molecule has 1 heterocycles. The number of hydrogen-bond acceptors (Lipinski definition) is 1. The topological polar surface area (TPSA) is 17.8 Å². The Morgan fingerprint density at radius 3 is 2.41 bits per heavy atom. The number of alkyl halides is 3. The second-order valence-electron chi connectivity index (χ2n) is 3.50. The van der Waals surface area contributed by atoms with E-state index >= 15 is 0 Å². The molecule has 0 amide bonds. The van der Waals surface area contributed by atoms with Gasteiger partial charge in [0.15, 0.2) is 0 Å². The van der Waals surface area contributed by atoms with Crippen LogP contribution in [0.15, 0.2) is 41.0 Å². The van der Waals surface area contributed by atoms with Crippen LogP contribution in [0.4, 0.5) is 13.2 Å². The van der Waals surface area contributed by atoms with Crippen molar-refractivity contribution in [2.75, 3.05) is 0 Å². The average Bonchev–Trinajstić information content (AvgIpc) is 2.58. The molecular weight excluding hydrogens is 297 g/mol. The molecule has 2 aromatic rings. The van der Waals surface area contributed by atoms with Crippen LogP contribution >= 0.6 is 15.9 Å². The maximum absolute atomic E-state index is 12.2. The SMILES string of the molecule is FC(F)(F)Cn1cc(Br)c(-c2ccccc2)n1. The Labute approximate surface area is 104 Å². The molecule has 0 radical (unpaired) electrons. The van der Waals surface area contributed by atoms with E-state index in [1.54, 1.807) is 12.1 Å². The van der Waals surface area contributed by atoms with E-state index in [0.29, 0.717) is 10.2 Å². The van der Waals surface area contributed by atoms with Crippen molar-refractivity contribution in [3.63, 3.8) is 0 Å². The maximum atomic E-state index is 12.2. The van der Waals surface area contributed by atoms with E-state index in [0.717, 1.165) is 10.2 Å². The lowest BCUT2D eigenvalue weighted by molar-refractivity contribution is -0.142. The lowest BCUT2D eigenvalue weighted by Crippen LogP contribution is -2.17. The number of aromatic nitrogens is 2. The Hall–Kier alpha value is -1.30. The van der Waals surface area contributed by atoms with Crippen molar-refractivity contribution < 1.29 is 13.2 Å². The standard InChI is InChI=1S/C11H8BrF3N2/c12-9-6-17(7-11(13,14)15)16-10(9)8-4-2-1-3-5-8/h1-6H,7H2. The van der Waals surface area contributed by atoms with Crippen LogP contribution in [0.3, 0.4) is 0 Å². The fourth-order valence-electron chi connectivity index (χ4n) is 1.45. The molecule has 6 heteroatoms. The van der Waals surface area contributed by atoms with Gasteiger partial charge in [-0.1, -0.05) is 30.3 Å². The van der Waals surface area contributed by atoms with Gasteiger partial charge in [0.1, 0.15) is 12.2 Å². The van der Waals surface area contributed by atoms with Crippen molar-refractivity contribution in [2.45, 2.75) is 12.7 Å². The van der Waals surface area contributed by atoms with E-state index in [4.69, 9.17) is 0 Å². The highest BCUT2D eigenvalue weighted by atomic mass is 79.9. The van der Waals surface area contributed by atoms with Gasteiger partial charge in [-0.2, -0.15) is 18.3 Å². The summed E-state index contributed by atoms with van der Waals surface area (Å²) in [6.07, 6.45) is -2.94. The van der Waals surface area contributed by atoms with Crippen LogP contribution in [0.1, 0.15) is 0 Å². The van der Waals surface area contributed by atoms with Crippen molar-refractivity contribution in [2.24, 2.45) is 0 Å². The zero-order valence-corrected chi connectivity index (χ0v) is 10.2. The van der Waals surface area contributed by atoms with Crippen LogP contribution < -0.4 is 0 Å². The molecule has 1 aromatic carbocycles. The van der Waals surface area contributed by atoms with Gasteiger partial charge in [-0.05, 0) is 15.9 Å². The molecule has 0 aliphatic heterocycles. The molecule has 0 saturated heterocycles. The average molecular weight is 305 g/mol. The molecule has 1 aromatic heterocycles. The number of halogens is 4. The van der Waals surface area contributed by atoms with Gasteiger partial charge in [0, 0.05) is 11.8 Å². The highest BCUT2D eigenvalue weighted by Gasteiger charge is 2.28. The summed E-state index contributed by atoms with van der Waals surface area (Å²) in [6.45, 7) is -1.08. The number of nitrogens with zero attached hydrogens (tertiary/aromatic N) is 2. The van der Waals surface area contributed by atoms with E-state index in [2.05, 4.69) is 21.0 Å². The Kier molecular flexibility index (Phi) is 3.24. The molecule has 0 aliphatic rings. The zero-order valence-electron chi connectivity index (χ0n) is 8.58. The summed E-state index contributed by atoms with van der Waals surface area (Å²) in [5, 5.41) is 3.92. The van der Waals surface area contributed by atoms with Gasteiger partial charge in [-0.25, -0.2) is 0 Å². The second-order valence-corrected chi connectivity index (χ2v) is 4.36. The maximum Gasteiger partial charge on any atom is 0.408 e. The fraction of sp³-hybridized carbons (Fsp3) is 0.182. The minimum Gasteiger partial charge on any atom is -0.262 e. The summed E-state index contributed by atoms with van der Waals surface area (Å²) in [6, 6.07) is 9.05. The molecule has 0 N–H and O–H groups in total. The molecular formula is C11H8BrF3N2. The Bertz CT molecular complexity index is 505. The molecule has 0 fully saturated rings. The van der Waals surface area contributed by atoms with Gasteiger partial charge in [-0.15, -0.1) is 0 Å². The molecule has 0 atom stereocenters. The van der Waals surface area contributed by atoms with E-state index in [1.807, 2.05) is 18.2 Å². The summed E-state index contributed by atoms with van der Waals surface area (Å²) in [5.74, 6) is 0. The first-order valence-corrected chi connectivity index (χ1v) is 5.60. The highest BCUT2D eigenvalue weighted by molar-refractivity contribution is 9.10. The first-order valence-electron chi connectivity index (χ1n) is 4.81. The molecule has 17 heavy (non-hydrogen) atoms. The number of benzene rings is 1. The molecule has 0 spiro atoms. The van der Waals surface area contributed by atoms with Gasteiger partial charge in [0.05, 0.1) is 4.47 Å². The summed E-state index contributed by atoms with van der Waals surface area (Å²) in [4.78, 5) is 0. The Balaban J connectivity index is 2.32. The van der Waals surface area contributed by atoms with Gasteiger partial charge in [-0.3, -0.25) is 4.68 Å². The van der Waals surface area contributed by atoms with Crippen LogP contribution in [0.2, 0.25) is 0 Å². The summed E-state index contributed by atoms with van der Waals surface area (Å²) in [5.41, 5.74) is 1.29. The monoisotopic (exact) mass is 304 g/mol. The van der Waals surface area contributed by atoms with E-state index in [1.165, 1.54) is 6.20 Å². The molecule has 0 saturated carbocycles. The lowest BCUT2D eigenvalue weighted by Gasteiger charge is -2.05. The van der Waals surface area contributed by atoms with Crippen molar-refractivity contribution in [3.05, 3.63) is 41.0 Å². The van der Waals surface area contributed by atoms with Crippen LogP contribution in [0.25, 0.3) is 11.3 Å². The van der Waals surface area contributed by atoms with Crippen molar-refractivity contribution in [1.82, 2.24) is 9.78 Å². The first kappa shape index (κ1) is 12.2. The zero-order chi connectivity index (χ0) is 12.5. The third-order valence-electron chi connectivity index (χ3n) is 2.11. The largest absolute Gasteiger partial charge is 0.408 e. The minimum absolute atomic E-state index is 0.509. The molecule has 2 nitrogen and oxygen atoms in total. The summed E-state index contributed by atoms with van der Waals surface area (Å²) >= 11 is 3.21. The molecule has 0 aliphatic carbocycles. The van der Waals surface area contributed by atoms with Gasteiger partial charge < -0.3 is 0 Å². The summed E-state index contributed by atoms with van der Waals surface area (Å²) < 4.78 is 38.1. The number of rotatable bonds is 2. The van der Waals surface area contributed by atoms with Crippen LogP contribution in [-0.2, 0) is 6.54 Å². The van der Waals surface area contributed by atoms with Crippen molar-refractivity contribution in [3.8, 4) is 11.3 Å².